The third-order valence-corrected chi connectivity index (χ3v) is 3.35. The van der Waals surface area contributed by atoms with Crippen LogP contribution in [-0.2, 0) is 0 Å². The number of anilines is 2. The molecule has 0 aliphatic heterocycles. The van der Waals surface area contributed by atoms with Gasteiger partial charge in [-0.15, -0.1) is 0 Å². The lowest BCUT2D eigenvalue weighted by molar-refractivity contribution is 0.102. The Morgan fingerprint density at radius 2 is 1.55 bits per heavy atom. The van der Waals surface area contributed by atoms with Crippen molar-refractivity contribution in [1.29, 1.82) is 0 Å². The predicted molar refractivity (Wildman–Crippen MR) is 84.6 cm³/mol. The van der Waals surface area contributed by atoms with Crippen molar-refractivity contribution >= 4 is 17.3 Å². The zero-order valence-electron chi connectivity index (χ0n) is 12.4. The zero-order valence-corrected chi connectivity index (χ0v) is 12.4. The lowest BCUT2D eigenvalue weighted by Gasteiger charge is -2.18. The van der Waals surface area contributed by atoms with E-state index in [9.17, 15) is 4.79 Å². The highest BCUT2D eigenvalue weighted by Crippen LogP contribution is 2.23. The molecule has 0 fully saturated rings. The standard InChI is InChI=1S/C17H20N2O/c1-12-8-7-9-13(2)16(12)18-17(20)14-10-5-6-11-15(14)19(3)4/h5-11H,1-4H3,(H,18,20). The summed E-state index contributed by atoms with van der Waals surface area (Å²) in [5, 5.41) is 3.02. The van der Waals surface area contributed by atoms with Gasteiger partial charge in [-0.3, -0.25) is 4.79 Å². The number of aryl methyl sites for hydroxylation is 2. The second kappa shape index (κ2) is 5.78. The van der Waals surface area contributed by atoms with E-state index in [4.69, 9.17) is 0 Å². The molecule has 3 heteroatoms. The van der Waals surface area contributed by atoms with Crippen LogP contribution in [0.25, 0.3) is 0 Å². The van der Waals surface area contributed by atoms with Crippen molar-refractivity contribution in [2.45, 2.75) is 13.8 Å². The van der Waals surface area contributed by atoms with E-state index in [1.807, 2.05) is 75.3 Å². The quantitative estimate of drug-likeness (QED) is 0.922. The molecule has 0 bridgehead atoms. The highest BCUT2D eigenvalue weighted by molar-refractivity contribution is 6.08. The highest BCUT2D eigenvalue weighted by atomic mass is 16.1. The third kappa shape index (κ3) is 2.82. The normalized spacial score (nSPS) is 10.2. The molecule has 0 spiro atoms. The first-order valence-electron chi connectivity index (χ1n) is 6.64. The average Bonchev–Trinajstić information content (AvgIpc) is 2.43. The number of carbonyl (C=O) groups is 1. The van der Waals surface area contributed by atoms with Crippen molar-refractivity contribution in [3.8, 4) is 0 Å². The van der Waals surface area contributed by atoms with Gasteiger partial charge in [-0.2, -0.15) is 0 Å². The van der Waals surface area contributed by atoms with Gasteiger partial charge in [0.1, 0.15) is 0 Å². The maximum atomic E-state index is 12.5. The molecule has 0 radical (unpaired) electrons. The van der Waals surface area contributed by atoms with Crippen LogP contribution in [0.5, 0.6) is 0 Å². The van der Waals surface area contributed by atoms with Crippen LogP contribution < -0.4 is 10.2 Å². The molecular formula is C17H20N2O. The highest BCUT2D eigenvalue weighted by Gasteiger charge is 2.14. The summed E-state index contributed by atoms with van der Waals surface area (Å²) in [4.78, 5) is 14.5. The summed E-state index contributed by atoms with van der Waals surface area (Å²) in [5.41, 5.74) is 4.63. The van der Waals surface area contributed by atoms with Gasteiger partial charge in [0.2, 0.25) is 0 Å². The largest absolute Gasteiger partial charge is 0.377 e. The monoisotopic (exact) mass is 268 g/mol. The van der Waals surface area contributed by atoms with E-state index >= 15 is 0 Å². The minimum atomic E-state index is -0.0771. The van der Waals surface area contributed by atoms with Gasteiger partial charge in [-0.25, -0.2) is 0 Å². The average molecular weight is 268 g/mol. The molecule has 0 heterocycles. The van der Waals surface area contributed by atoms with Gasteiger partial charge < -0.3 is 10.2 Å². The molecule has 0 aliphatic carbocycles. The van der Waals surface area contributed by atoms with Crippen LogP contribution in [0.2, 0.25) is 0 Å². The number of para-hydroxylation sites is 2. The van der Waals surface area contributed by atoms with Gasteiger partial charge in [0.15, 0.2) is 0 Å². The number of benzene rings is 2. The number of nitrogens with zero attached hydrogens (tertiary/aromatic N) is 1. The maximum absolute atomic E-state index is 12.5. The van der Waals surface area contributed by atoms with Crippen molar-refractivity contribution in [1.82, 2.24) is 0 Å². The van der Waals surface area contributed by atoms with Gasteiger partial charge in [0.25, 0.3) is 5.91 Å². The number of hydrogen-bond donors (Lipinski definition) is 1. The van der Waals surface area contributed by atoms with Crippen molar-refractivity contribution in [3.05, 3.63) is 59.2 Å². The van der Waals surface area contributed by atoms with E-state index in [1.54, 1.807) is 0 Å². The molecule has 1 amide bonds. The van der Waals surface area contributed by atoms with Crippen LogP contribution in [0.4, 0.5) is 11.4 Å². The van der Waals surface area contributed by atoms with Gasteiger partial charge in [-0.05, 0) is 37.1 Å². The molecule has 2 aromatic rings. The molecule has 20 heavy (non-hydrogen) atoms. The van der Waals surface area contributed by atoms with Crippen LogP contribution in [0.15, 0.2) is 42.5 Å². The van der Waals surface area contributed by atoms with E-state index in [0.717, 1.165) is 22.5 Å². The van der Waals surface area contributed by atoms with Gasteiger partial charge >= 0.3 is 0 Å². The maximum Gasteiger partial charge on any atom is 0.257 e. The Balaban J connectivity index is 2.34. The SMILES string of the molecule is Cc1cccc(C)c1NC(=O)c1ccccc1N(C)C. The smallest absolute Gasteiger partial charge is 0.257 e. The van der Waals surface area contributed by atoms with Crippen LogP contribution >= 0.6 is 0 Å². The minimum Gasteiger partial charge on any atom is -0.377 e. The zero-order chi connectivity index (χ0) is 14.7. The number of carbonyl (C=O) groups excluding carboxylic acids is 1. The lowest BCUT2D eigenvalue weighted by atomic mass is 10.1. The Labute approximate surface area is 120 Å². The molecule has 0 saturated carbocycles. The number of amides is 1. The Hall–Kier alpha value is -2.29. The summed E-state index contributed by atoms with van der Waals surface area (Å²) >= 11 is 0. The molecule has 2 aromatic carbocycles. The molecule has 0 saturated heterocycles. The molecule has 3 nitrogen and oxygen atoms in total. The second-order valence-corrected chi connectivity index (χ2v) is 5.13. The van der Waals surface area contributed by atoms with Crippen molar-refractivity contribution < 1.29 is 4.79 Å². The molecular weight excluding hydrogens is 248 g/mol. The van der Waals surface area contributed by atoms with Gasteiger partial charge in [0, 0.05) is 25.5 Å². The van der Waals surface area contributed by atoms with Crippen LogP contribution in [-0.4, -0.2) is 20.0 Å². The molecule has 0 aliphatic rings. The van der Waals surface area contributed by atoms with E-state index in [2.05, 4.69) is 5.32 Å². The summed E-state index contributed by atoms with van der Waals surface area (Å²) < 4.78 is 0. The van der Waals surface area contributed by atoms with Gasteiger partial charge in [0.05, 0.1) is 5.56 Å². The van der Waals surface area contributed by atoms with Crippen molar-refractivity contribution in [3.63, 3.8) is 0 Å². The molecule has 2 rings (SSSR count). The fraction of sp³-hybridized carbons (Fsp3) is 0.235. The summed E-state index contributed by atoms with van der Waals surface area (Å²) in [7, 11) is 3.87. The van der Waals surface area contributed by atoms with E-state index in [1.165, 1.54) is 0 Å². The Kier molecular flexibility index (Phi) is 4.08. The molecule has 104 valence electrons. The Morgan fingerprint density at radius 1 is 0.950 bits per heavy atom. The van der Waals surface area contributed by atoms with E-state index in [0.29, 0.717) is 5.56 Å². The molecule has 1 N–H and O–H groups in total. The predicted octanol–water partition coefficient (Wildman–Crippen LogP) is 3.62. The fourth-order valence-electron chi connectivity index (χ4n) is 2.25. The van der Waals surface area contributed by atoms with Crippen molar-refractivity contribution in [2.24, 2.45) is 0 Å². The second-order valence-electron chi connectivity index (χ2n) is 5.13. The first-order valence-corrected chi connectivity index (χ1v) is 6.64. The first-order chi connectivity index (χ1) is 9.50. The third-order valence-electron chi connectivity index (χ3n) is 3.35. The minimum absolute atomic E-state index is 0.0771. The van der Waals surface area contributed by atoms with Gasteiger partial charge in [-0.1, -0.05) is 30.3 Å². The summed E-state index contributed by atoms with van der Waals surface area (Å²) in [6.45, 7) is 4.00. The van der Waals surface area contributed by atoms with Crippen LogP contribution in [0, 0.1) is 13.8 Å². The molecule has 0 atom stereocenters. The van der Waals surface area contributed by atoms with Crippen LogP contribution in [0.1, 0.15) is 21.5 Å². The lowest BCUT2D eigenvalue weighted by Crippen LogP contribution is -2.19. The Bertz CT molecular complexity index is 612. The topological polar surface area (TPSA) is 32.3 Å². The number of rotatable bonds is 3. The molecule has 0 unspecified atom stereocenters. The van der Waals surface area contributed by atoms with Crippen LogP contribution in [0.3, 0.4) is 0 Å². The summed E-state index contributed by atoms with van der Waals surface area (Å²) in [6, 6.07) is 13.6. The number of nitrogens with one attached hydrogen (secondary N) is 1. The van der Waals surface area contributed by atoms with E-state index in [-0.39, 0.29) is 5.91 Å². The first kappa shape index (κ1) is 14.1. The summed E-state index contributed by atoms with van der Waals surface area (Å²) in [6.07, 6.45) is 0. The Morgan fingerprint density at radius 3 is 2.15 bits per heavy atom. The fourth-order valence-corrected chi connectivity index (χ4v) is 2.25. The summed E-state index contributed by atoms with van der Waals surface area (Å²) in [5.74, 6) is -0.0771. The van der Waals surface area contributed by atoms with E-state index < -0.39 is 0 Å². The number of hydrogen-bond acceptors (Lipinski definition) is 2. The molecule has 0 aromatic heterocycles. The van der Waals surface area contributed by atoms with Crippen molar-refractivity contribution in [2.75, 3.05) is 24.3 Å².